The summed E-state index contributed by atoms with van der Waals surface area (Å²) in [6, 6.07) is 27.9. The molecule has 5 aromatic rings. The molecule has 0 fully saturated rings. The topological polar surface area (TPSA) is 61.3 Å². The number of hydrogen-bond donors (Lipinski definition) is 0. The van der Waals surface area contributed by atoms with Crippen molar-refractivity contribution in [3.63, 3.8) is 0 Å². The van der Waals surface area contributed by atoms with E-state index >= 15 is 0 Å². The zero-order chi connectivity index (χ0) is 22.1. The minimum absolute atomic E-state index is 0.405. The van der Waals surface area contributed by atoms with Crippen LogP contribution in [0.3, 0.4) is 0 Å². The van der Waals surface area contributed by atoms with E-state index in [0.29, 0.717) is 27.8 Å². The van der Waals surface area contributed by atoms with Crippen molar-refractivity contribution in [2.45, 2.75) is 13.8 Å². The summed E-state index contributed by atoms with van der Waals surface area (Å²) in [5, 5.41) is 2.25. The number of hydrogen-bond acceptors (Lipinski definition) is 5. The molecule has 2 heterocycles. The van der Waals surface area contributed by atoms with Gasteiger partial charge in [0.25, 0.3) is 0 Å². The van der Waals surface area contributed by atoms with Crippen LogP contribution in [0.15, 0.2) is 91.0 Å². The van der Waals surface area contributed by atoms with Crippen LogP contribution in [0.2, 0.25) is 0 Å². The molecule has 0 amide bonds. The molecule has 0 saturated heterocycles. The Labute approximate surface area is 186 Å². The summed E-state index contributed by atoms with van der Waals surface area (Å²) in [6.07, 6.45) is 0. The third-order valence-corrected chi connectivity index (χ3v) is 6.96. The molecule has 0 spiro atoms. The Morgan fingerprint density at radius 3 is 1.59 bits per heavy atom. The van der Waals surface area contributed by atoms with E-state index in [1.165, 1.54) is 0 Å². The first-order chi connectivity index (χ1) is 15.5. The fourth-order valence-electron chi connectivity index (χ4n) is 3.58. The number of aromatic nitrogens is 2. The molecule has 0 aliphatic heterocycles. The van der Waals surface area contributed by atoms with Crippen molar-refractivity contribution in [3.05, 3.63) is 102 Å². The van der Waals surface area contributed by atoms with Crippen molar-refractivity contribution in [1.29, 1.82) is 0 Å². The number of rotatable bonds is 5. The average Bonchev–Trinajstić information content (AvgIpc) is 2.80. The van der Waals surface area contributed by atoms with Gasteiger partial charge in [0, 0.05) is 22.2 Å². The zero-order valence-electron chi connectivity index (χ0n) is 17.7. The molecule has 0 aliphatic carbocycles. The van der Waals surface area contributed by atoms with Crippen LogP contribution in [0.25, 0.3) is 21.8 Å². The average molecular weight is 440 g/mol. The summed E-state index contributed by atoms with van der Waals surface area (Å²) in [5.41, 5.74) is 2.97. The summed E-state index contributed by atoms with van der Waals surface area (Å²) < 4.78 is 26.7. The molecular weight excluding hydrogens is 419 g/mol. The molecule has 5 nitrogen and oxygen atoms in total. The summed E-state index contributed by atoms with van der Waals surface area (Å²) >= 11 is 0. The Morgan fingerprint density at radius 1 is 0.594 bits per heavy atom. The summed E-state index contributed by atoms with van der Waals surface area (Å²) in [5.74, 6) is 0.811. The van der Waals surface area contributed by atoms with E-state index in [1.54, 1.807) is 24.3 Å². The highest BCUT2D eigenvalue weighted by atomic mass is 31.2. The van der Waals surface area contributed by atoms with Gasteiger partial charge >= 0.3 is 7.60 Å². The Balaban J connectivity index is 1.65. The minimum atomic E-state index is -3.83. The quantitative estimate of drug-likeness (QED) is 0.297. The molecule has 0 aliphatic rings. The smallest absolute Gasteiger partial charge is 0.410 e. The molecule has 32 heavy (non-hydrogen) atoms. The molecule has 0 bridgehead atoms. The standard InChI is InChI=1S/C26H21N2O3P/c1-18-14-16-20-8-6-12-23(25(20)27-18)30-32(29,22-10-4-3-5-11-22)31-24-13-7-9-21-17-15-19(2)28-26(21)24/h3-17H,1-2H3. The molecule has 0 unspecified atom stereocenters. The van der Waals surface area contributed by atoms with Crippen LogP contribution < -0.4 is 14.4 Å². The van der Waals surface area contributed by atoms with E-state index in [-0.39, 0.29) is 0 Å². The Bertz CT molecular complexity index is 1390. The van der Waals surface area contributed by atoms with Gasteiger partial charge in [-0.15, -0.1) is 0 Å². The Morgan fingerprint density at radius 2 is 1.09 bits per heavy atom. The largest absolute Gasteiger partial charge is 0.462 e. The van der Waals surface area contributed by atoms with Gasteiger partial charge in [-0.05, 0) is 50.2 Å². The number of benzene rings is 3. The van der Waals surface area contributed by atoms with Gasteiger partial charge in [0.2, 0.25) is 0 Å². The maximum absolute atomic E-state index is 14.3. The molecule has 0 N–H and O–H groups in total. The van der Waals surface area contributed by atoms with Gasteiger partial charge in [-0.25, -0.2) is 14.5 Å². The van der Waals surface area contributed by atoms with Crippen molar-refractivity contribution >= 4 is 34.7 Å². The highest BCUT2D eigenvalue weighted by Gasteiger charge is 2.33. The zero-order valence-corrected chi connectivity index (χ0v) is 18.6. The Hall–Kier alpha value is -3.69. The summed E-state index contributed by atoms with van der Waals surface area (Å²) in [6.45, 7) is 3.82. The van der Waals surface area contributed by atoms with Crippen LogP contribution in [-0.4, -0.2) is 9.97 Å². The fourth-order valence-corrected chi connectivity index (χ4v) is 5.17. The molecule has 2 aromatic heterocycles. The fraction of sp³-hybridized carbons (Fsp3) is 0.0769. The van der Waals surface area contributed by atoms with Gasteiger partial charge in [-0.3, -0.25) is 0 Å². The monoisotopic (exact) mass is 440 g/mol. The maximum Gasteiger partial charge on any atom is 0.462 e. The van der Waals surface area contributed by atoms with Crippen LogP contribution in [0.4, 0.5) is 0 Å². The highest BCUT2D eigenvalue weighted by Crippen LogP contribution is 2.49. The minimum Gasteiger partial charge on any atom is -0.410 e. The number of para-hydroxylation sites is 2. The molecule has 5 rings (SSSR count). The van der Waals surface area contributed by atoms with Crippen LogP contribution >= 0.6 is 7.60 Å². The van der Waals surface area contributed by atoms with E-state index in [4.69, 9.17) is 9.05 Å². The van der Waals surface area contributed by atoms with Gasteiger partial charge in [0.1, 0.15) is 11.0 Å². The first-order valence-corrected chi connectivity index (χ1v) is 11.8. The highest BCUT2D eigenvalue weighted by molar-refractivity contribution is 7.63. The van der Waals surface area contributed by atoms with Crippen molar-refractivity contribution < 1.29 is 13.6 Å². The van der Waals surface area contributed by atoms with Gasteiger partial charge in [-0.2, -0.15) is 0 Å². The summed E-state index contributed by atoms with van der Waals surface area (Å²) in [7, 11) is -3.83. The van der Waals surface area contributed by atoms with E-state index in [9.17, 15) is 4.57 Å². The molecule has 158 valence electrons. The SMILES string of the molecule is Cc1ccc2cccc(OP(=O)(Oc3cccc4ccc(C)nc34)c3ccccc3)c2n1. The lowest BCUT2D eigenvalue weighted by molar-refractivity contribution is 0.402. The van der Waals surface area contributed by atoms with Crippen LogP contribution in [0, 0.1) is 13.8 Å². The molecule has 6 heteroatoms. The molecular formula is C26H21N2O3P. The molecule has 0 atom stereocenters. The lowest BCUT2D eigenvalue weighted by Gasteiger charge is -2.21. The lowest BCUT2D eigenvalue weighted by Crippen LogP contribution is -2.15. The maximum atomic E-state index is 14.3. The van der Waals surface area contributed by atoms with Crippen molar-refractivity contribution in [1.82, 2.24) is 9.97 Å². The van der Waals surface area contributed by atoms with Crippen LogP contribution in [0.1, 0.15) is 11.4 Å². The first kappa shape index (κ1) is 20.2. The van der Waals surface area contributed by atoms with Crippen LogP contribution in [0.5, 0.6) is 11.5 Å². The van der Waals surface area contributed by atoms with E-state index in [2.05, 4.69) is 9.97 Å². The normalized spacial score (nSPS) is 11.6. The van der Waals surface area contributed by atoms with Gasteiger partial charge < -0.3 is 9.05 Å². The second kappa shape index (κ2) is 8.10. The van der Waals surface area contributed by atoms with Gasteiger partial charge in [0.05, 0.1) is 5.30 Å². The second-order valence-electron chi connectivity index (χ2n) is 7.58. The third-order valence-electron chi connectivity index (χ3n) is 5.15. The van der Waals surface area contributed by atoms with E-state index in [0.717, 1.165) is 22.2 Å². The van der Waals surface area contributed by atoms with E-state index < -0.39 is 7.60 Å². The number of nitrogens with zero attached hydrogens (tertiary/aromatic N) is 2. The first-order valence-electron chi connectivity index (χ1n) is 10.3. The predicted octanol–water partition coefficient (Wildman–Crippen LogP) is 6.38. The van der Waals surface area contributed by atoms with Crippen molar-refractivity contribution in [2.24, 2.45) is 0 Å². The second-order valence-corrected chi connectivity index (χ2v) is 9.45. The molecule has 0 radical (unpaired) electrons. The van der Waals surface area contributed by atoms with Gasteiger partial charge in [-0.1, -0.05) is 54.6 Å². The number of pyridine rings is 2. The molecule has 3 aromatic carbocycles. The summed E-state index contributed by atoms with van der Waals surface area (Å²) in [4.78, 5) is 9.22. The third kappa shape index (κ3) is 3.83. The molecule has 0 saturated carbocycles. The number of fused-ring (bicyclic) bond motifs is 2. The predicted molar refractivity (Wildman–Crippen MR) is 128 cm³/mol. The van der Waals surface area contributed by atoms with E-state index in [1.807, 2.05) is 80.6 Å². The Kier molecular flexibility index (Phi) is 5.12. The lowest BCUT2D eigenvalue weighted by atomic mass is 10.2. The van der Waals surface area contributed by atoms with Gasteiger partial charge in [0.15, 0.2) is 11.5 Å². The number of aryl methyl sites for hydroxylation is 2. The van der Waals surface area contributed by atoms with Crippen LogP contribution in [-0.2, 0) is 4.57 Å². The van der Waals surface area contributed by atoms with Crippen molar-refractivity contribution in [2.75, 3.05) is 0 Å². The van der Waals surface area contributed by atoms with Crippen molar-refractivity contribution in [3.8, 4) is 11.5 Å².